The third kappa shape index (κ3) is 4.92. The van der Waals surface area contributed by atoms with Crippen LogP contribution in [0.25, 0.3) is 0 Å². The number of rotatable bonds is 6. The van der Waals surface area contributed by atoms with Crippen molar-refractivity contribution >= 4 is 22.9 Å². The van der Waals surface area contributed by atoms with Crippen molar-refractivity contribution in [3.63, 3.8) is 0 Å². The van der Waals surface area contributed by atoms with E-state index in [9.17, 15) is 13.6 Å². The minimum Gasteiger partial charge on any atom is -0.489 e. The van der Waals surface area contributed by atoms with Crippen molar-refractivity contribution in [1.82, 2.24) is 0 Å². The van der Waals surface area contributed by atoms with Crippen LogP contribution in [0.2, 0.25) is 0 Å². The van der Waals surface area contributed by atoms with E-state index in [1.807, 2.05) is 29.6 Å². The molecule has 1 N–H and O–H groups in total. The Hall–Kier alpha value is -2.73. The van der Waals surface area contributed by atoms with Crippen LogP contribution in [0, 0.1) is 11.6 Å². The van der Waals surface area contributed by atoms with Gasteiger partial charge in [-0.05, 0) is 47.2 Å². The second-order valence-corrected chi connectivity index (χ2v) is 7.33. The summed E-state index contributed by atoms with van der Waals surface area (Å²) in [5.41, 5.74) is 2.31. The highest BCUT2D eigenvalue weighted by Gasteiger charge is 2.11. The first kappa shape index (κ1) is 19.0. The first-order valence-corrected chi connectivity index (χ1v) is 9.37. The normalized spacial score (nSPS) is 10.9. The summed E-state index contributed by atoms with van der Waals surface area (Å²) in [7, 11) is 0. The smallest absolute Gasteiger partial charge is 0.265 e. The number of hydrogen-bond donors (Lipinski definition) is 1. The van der Waals surface area contributed by atoms with E-state index in [-0.39, 0.29) is 11.6 Å². The first-order chi connectivity index (χ1) is 12.9. The Bertz CT molecular complexity index is 936. The molecule has 1 amide bonds. The lowest BCUT2D eigenvalue weighted by molar-refractivity contribution is 0.103. The van der Waals surface area contributed by atoms with Crippen molar-refractivity contribution in [2.75, 3.05) is 5.32 Å². The maximum absolute atomic E-state index is 13.2. The van der Waals surface area contributed by atoms with Crippen LogP contribution in [0.4, 0.5) is 14.5 Å². The second kappa shape index (κ2) is 8.31. The van der Waals surface area contributed by atoms with Gasteiger partial charge >= 0.3 is 0 Å². The number of nitrogens with one attached hydrogen (secondary N) is 1. The Morgan fingerprint density at radius 3 is 2.48 bits per heavy atom. The van der Waals surface area contributed by atoms with E-state index >= 15 is 0 Å². The summed E-state index contributed by atoms with van der Waals surface area (Å²) in [5.74, 6) is -1.11. The zero-order valence-electron chi connectivity index (χ0n) is 15.0. The van der Waals surface area contributed by atoms with Crippen LogP contribution >= 0.6 is 11.3 Å². The molecule has 0 fully saturated rings. The number of carbonyl (C=O) groups excluding carboxylic acids is 1. The number of halogens is 2. The van der Waals surface area contributed by atoms with Crippen LogP contribution < -0.4 is 10.1 Å². The molecular weight excluding hydrogens is 368 g/mol. The lowest BCUT2D eigenvalue weighted by Crippen LogP contribution is -2.10. The average Bonchev–Trinajstić information content (AvgIpc) is 3.12. The molecule has 0 atom stereocenters. The van der Waals surface area contributed by atoms with Gasteiger partial charge in [-0.15, -0.1) is 11.3 Å². The highest BCUT2D eigenvalue weighted by atomic mass is 32.1. The molecule has 0 aliphatic carbocycles. The fourth-order valence-corrected chi connectivity index (χ4v) is 3.24. The van der Waals surface area contributed by atoms with E-state index < -0.39 is 11.6 Å². The predicted molar refractivity (Wildman–Crippen MR) is 103 cm³/mol. The molecule has 140 valence electrons. The minimum absolute atomic E-state index is 0.204. The maximum atomic E-state index is 13.2. The van der Waals surface area contributed by atoms with Crippen molar-refractivity contribution in [3.8, 4) is 5.75 Å². The highest BCUT2D eigenvalue weighted by Crippen LogP contribution is 2.22. The fourth-order valence-electron chi connectivity index (χ4n) is 2.45. The second-order valence-electron chi connectivity index (χ2n) is 6.41. The Balaban J connectivity index is 1.58. The van der Waals surface area contributed by atoms with Gasteiger partial charge in [0.15, 0.2) is 11.6 Å². The molecule has 0 bridgehead atoms. The number of thiophene rings is 1. The molecular formula is C21H19F2NO2S. The van der Waals surface area contributed by atoms with Gasteiger partial charge in [-0.3, -0.25) is 4.79 Å². The number of hydrogen-bond acceptors (Lipinski definition) is 3. The van der Waals surface area contributed by atoms with E-state index in [0.717, 1.165) is 23.4 Å². The molecule has 27 heavy (non-hydrogen) atoms. The van der Waals surface area contributed by atoms with Gasteiger partial charge in [0.05, 0.1) is 4.88 Å². The molecule has 0 saturated heterocycles. The number of amides is 1. The van der Waals surface area contributed by atoms with Crippen LogP contribution in [-0.4, -0.2) is 5.91 Å². The Kier molecular flexibility index (Phi) is 5.86. The van der Waals surface area contributed by atoms with Gasteiger partial charge in [0.2, 0.25) is 0 Å². The van der Waals surface area contributed by atoms with Crippen LogP contribution in [0.1, 0.15) is 40.6 Å². The van der Waals surface area contributed by atoms with Crippen LogP contribution in [-0.2, 0) is 6.61 Å². The summed E-state index contributed by atoms with van der Waals surface area (Å²) in [5, 5.41) is 4.39. The molecule has 0 radical (unpaired) electrons. The predicted octanol–water partition coefficient (Wildman–Crippen LogP) is 5.98. The monoisotopic (exact) mass is 387 g/mol. The number of benzene rings is 2. The Labute approximate surface area is 160 Å². The summed E-state index contributed by atoms with van der Waals surface area (Å²) < 4.78 is 31.9. The molecule has 0 saturated carbocycles. The maximum Gasteiger partial charge on any atom is 0.265 e. The van der Waals surface area contributed by atoms with E-state index in [2.05, 4.69) is 19.2 Å². The van der Waals surface area contributed by atoms with Crippen molar-refractivity contribution in [3.05, 3.63) is 81.5 Å². The van der Waals surface area contributed by atoms with E-state index in [0.29, 0.717) is 17.4 Å². The Morgan fingerprint density at radius 2 is 1.81 bits per heavy atom. The molecule has 1 aromatic heterocycles. The minimum atomic E-state index is -1.00. The summed E-state index contributed by atoms with van der Waals surface area (Å²) in [6.07, 6.45) is 0. The molecule has 3 rings (SSSR count). The molecule has 3 nitrogen and oxygen atoms in total. The van der Waals surface area contributed by atoms with Crippen LogP contribution in [0.15, 0.2) is 53.9 Å². The van der Waals surface area contributed by atoms with Gasteiger partial charge in [-0.25, -0.2) is 8.78 Å². The van der Waals surface area contributed by atoms with E-state index in [1.165, 1.54) is 23.0 Å². The molecule has 6 heteroatoms. The number of ether oxygens (including phenoxy) is 1. The molecule has 3 aromatic rings. The summed E-state index contributed by atoms with van der Waals surface area (Å²) in [6.45, 7) is 4.61. The lowest BCUT2D eigenvalue weighted by atomic mass is 10.0. The summed E-state index contributed by atoms with van der Waals surface area (Å²) >= 11 is 1.27. The zero-order valence-corrected chi connectivity index (χ0v) is 15.8. The van der Waals surface area contributed by atoms with Gasteiger partial charge in [0, 0.05) is 17.3 Å². The standard InChI is InChI=1S/C21H19F2NO2S/c1-13(2)15-3-6-17(7-4-15)26-11-14-9-20(27-12-14)21(25)24-16-5-8-18(22)19(23)10-16/h3-10,12-13H,11H2,1-2H3,(H,24,25). The summed E-state index contributed by atoms with van der Waals surface area (Å²) in [6, 6.07) is 12.9. The SMILES string of the molecule is CC(C)c1ccc(OCc2csc(C(=O)Nc3ccc(F)c(F)c3)c2)cc1. The molecule has 0 aliphatic rings. The molecule has 0 aliphatic heterocycles. The Morgan fingerprint density at radius 1 is 1.07 bits per heavy atom. The van der Waals surface area contributed by atoms with Gasteiger partial charge < -0.3 is 10.1 Å². The topological polar surface area (TPSA) is 38.3 Å². The van der Waals surface area contributed by atoms with Gasteiger partial charge in [0.25, 0.3) is 5.91 Å². The molecule has 0 spiro atoms. The largest absolute Gasteiger partial charge is 0.489 e. The molecule has 0 unspecified atom stereocenters. The summed E-state index contributed by atoms with van der Waals surface area (Å²) in [4.78, 5) is 12.7. The van der Waals surface area contributed by atoms with E-state index in [4.69, 9.17) is 4.74 Å². The number of anilines is 1. The third-order valence-corrected chi connectivity index (χ3v) is 4.99. The van der Waals surface area contributed by atoms with E-state index in [1.54, 1.807) is 6.07 Å². The van der Waals surface area contributed by atoms with Crippen molar-refractivity contribution in [2.45, 2.75) is 26.4 Å². The lowest BCUT2D eigenvalue weighted by Gasteiger charge is -2.08. The average molecular weight is 387 g/mol. The fraction of sp³-hybridized carbons (Fsp3) is 0.190. The quantitative estimate of drug-likeness (QED) is 0.565. The zero-order chi connectivity index (χ0) is 19.4. The molecule has 1 heterocycles. The van der Waals surface area contributed by atoms with Gasteiger partial charge in [-0.2, -0.15) is 0 Å². The van der Waals surface area contributed by atoms with Crippen molar-refractivity contribution < 1.29 is 18.3 Å². The van der Waals surface area contributed by atoms with Gasteiger partial charge in [-0.1, -0.05) is 26.0 Å². The van der Waals surface area contributed by atoms with Crippen molar-refractivity contribution in [2.24, 2.45) is 0 Å². The number of carbonyl (C=O) groups is 1. The third-order valence-electron chi connectivity index (χ3n) is 4.01. The van der Waals surface area contributed by atoms with Crippen molar-refractivity contribution in [1.29, 1.82) is 0 Å². The van der Waals surface area contributed by atoms with Gasteiger partial charge in [0.1, 0.15) is 12.4 Å². The van der Waals surface area contributed by atoms with Crippen LogP contribution in [0.3, 0.4) is 0 Å². The first-order valence-electron chi connectivity index (χ1n) is 8.49. The highest BCUT2D eigenvalue weighted by molar-refractivity contribution is 7.12. The van der Waals surface area contributed by atoms with Crippen LogP contribution in [0.5, 0.6) is 5.75 Å². The molecule has 2 aromatic carbocycles.